The van der Waals surface area contributed by atoms with Crippen LogP contribution in [-0.4, -0.2) is 17.3 Å². The maximum absolute atomic E-state index is 13.3. The summed E-state index contributed by atoms with van der Waals surface area (Å²) < 4.78 is 14.0. The molecule has 2 nitrogen and oxygen atoms in total. The van der Waals surface area contributed by atoms with Crippen LogP contribution in [0.3, 0.4) is 0 Å². The van der Waals surface area contributed by atoms with Gasteiger partial charge in [-0.25, -0.2) is 4.39 Å². The van der Waals surface area contributed by atoms with E-state index in [2.05, 4.69) is 21.2 Å². The van der Waals surface area contributed by atoms with Crippen molar-refractivity contribution in [1.29, 1.82) is 0 Å². The van der Waals surface area contributed by atoms with Crippen LogP contribution in [0.5, 0.6) is 0 Å². The van der Waals surface area contributed by atoms with E-state index >= 15 is 0 Å². The number of anilines is 1. The monoisotopic (exact) mass is 371 g/mol. The molecule has 0 amide bonds. The normalized spacial score (nSPS) is 13.8. The Bertz CT molecular complexity index is 637. The molecule has 0 fully saturated rings. The first kappa shape index (κ1) is 16.3. The van der Waals surface area contributed by atoms with Crippen molar-refractivity contribution < 1.29 is 9.50 Å². The van der Waals surface area contributed by atoms with E-state index in [1.165, 1.54) is 12.1 Å². The van der Waals surface area contributed by atoms with Gasteiger partial charge in [-0.1, -0.05) is 23.7 Å². The van der Waals surface area contributed by atoms with Gasteiger partial charge in [0.1, 0.15) is 5.82 Å². The SMILES string of the molecule is CC(CO)(Cc1cccc(F)c1)Nc1ccc(Cl)c(Br)c1. The molecule has 5 heteroatoms. The predicted octanol–water partition coefficient (Wildman–Crippen LogP) is 4.65. The van der Waals surface area contributed by atoms with Crippen LogP contribution in [0.2, 0.25) is 5.02 Å². The van der Waals surface area contributed by atoms with Gasteiger partial charge in [0.2, 0.25) is 0 Å². The molecule has 2 rings (SSSR count). The molecule has 0 aromatic heterocycles. The molecule has 1 unspecified atom stereocenters. The maximum Gasteiger partial charge on any atom is 0.123 e. The minimum atomic E-state index is -0.596. The van der Waals surface area contributed by atoms with Crippen molar-refractivity contribution in [3.63, 3.8) is 0 Å². The smallest absolute Gasteiger partial charge is 0.123 e. The van der Waals surface area contributed by atoms with Crippen molar-refractivity contribution in [3.8, 4) is 0 Å². The molecule has 1 atom stereocenters. The number of benzene rings is 2. The molecular formula is C16H16BrClFNO. The average molecular weight is 373 g/mol. The molecule has 0 radical (unpaired) electrons. The fourth-order valence-corrected chi connectivity index (χ4v) is 2.66. The summed E-state index contributed by atoms with van der Waals surface area (Å²) >= 11 is 9.34. The molecule has 21 heavy (non-hydrogen) atoms. The highest BCUT2D eigenvalue weighted by molar-refractivity contribution is 9.10. The lowest BCUT2D eigenvalue weighted by molar-refractivity contribution is 0.222. The summed E-state index contributed by atoms with van der Waals surface area (Å²) in [6, 6.07) is 11.9. The summed E-state index contributed by atoms with van der Waals surface area (Å²) in [6.45, 7) is 1.81. The van der Waals surface area contributed by atoms with Crippen molar-refractivity contribution in [2.24, 2.45) is 0 Å². The van der Waals surface area contributed by atoms with Crippen molar-refractivity contribution in [2.45, 2.75) is 18.9 Å². The first-order chi connectivity index (χ1) is 9.92. The van der Waals surface area contributed by atoms with Gasteiger partial charge in [0.15, 0.2) is 0 Å². The first-order valence-electron chi connectivity index (χ1n) is 6.50. The predicted molar refractivity (Wildman–Crippen MR) is 88.4 cm³/mol. The molecule has 2 aromatic rings. The Kier molecular flexibility index (Phi) is 5.25. The molecule has 0 aliphatic heterocycles. The van der Waals surface area contributed by atoms with Crippen LogP contribution in [0.4, 0.5) is 10.1 Å². The summed E-state index contributed by atoms with van der Waals surface area (Å²) in [4.78, 5) is 0. The van der Waals surface area contributed by atoms with E-state index in [4.69, 9.17) is 11.6 Å². The van der Waals surface area contributed by atoms with E-state index in [1.807, 2.05) is 25.1 Å². The second-order valence-electron chi connectivity index (χ2n) is 5.28. The molecule has 0 bridgehead atoms. The van der Waals surface area contributed by atoms with Crippen LogP contribution in [-0.2, 0) is 6.42 Å². The van der Waals surface area contributed by atoms with Crippen molar-refractivity contribution >= 4 is 33.2 Å². The average Bonchev–Trinajstić information content (AvgIpc) is 2.43. The van der Waals surface area contributed by atoms with Crippen LogP contribution >= 0.6 is 27.5 Å². The fraction of sp³-hybridized carbons (Fsp3) is 0.250. The van der Waals surface area contributed by atoms with Gasteiger partial charge in [-0.3, -0.25) is 0 Å². The van der Waals surface area contributed by atoms with Gasteiger partial charge in [0.05, 0.1) is 17.2 Å². The third-order valence-corrected chi connectivity index (χ3v) is 4.41. The van der Waals surface area contributed by atoms with Gasteiger partial charge in [-0.2, -0.15) is 0 Å². The molecule has 0 saturated heterocycles. The fourth-order valence-electron chi connectivity index (χ4n) is 2.16. The molecule has 0 saturated carbocycles. The molecule has 112 valence electrons. The maximum atomic E-state index is 13.3. The lowest BCUT2D eigenvalue weighted by atomic mass is 9.93. The third kappa shape index (κ3) is 4.43. The summed E-state index contributed by atoms with van der Waals surface area (Å²) in [7, 11) is 0. The summed E-state index contributed by atoms with van der Waals surface area (Å²) in [5.74, 6) is -0.276. The highest BCUT2D eigenvalue weighted by Gasteiger charge is 2.24. The number of aliphatic hydroxyl groups excluding tert-OH is 1. The number of nitrogens with one attached hydrogen (secondary N) is 1. The third-order valence-electron chi connectivity index (χ3n) is 3.20. The lowest BCUT2D eigenvalue weighted by Crippen LogP contribution is -2.41. The first-order valence-corrected chi connectivity index (χ1v) is 7.67. The van der Waals surface area contributed by atoms with E-state index in [0.717, 1.165) is 15.7 Å². The van der Waals surface area contributed by atoms with Crippen LogP contribution in [0.15, 0.2) is 46.9 Å². The lowest BCUT2D eigenvalue weighted by Gasteiger charge is -2.30. The highest BCUT2D eigenvalue weighted by Crippen LogP contribution is 2.28. The zero-order chi connectivity index (χ0) is 15.5. The van der Waals surface area contributed by atoms with Crippen LogP contribution < -0.4 is 5.32 Å². The zero-order valence-corrected chi connectivity index (χ0v) is 13.9. The Labute approximate surface area is 137 Å². The van der Waals surface area contributed by atoms with Gasteiger partial charge in [0.25, 0.3) is 0 Å². The van der Waals surface area contributed by atoms with Crippen molar-refractivity contribution in [1.82, 2.24) is 0 Å². The van der Waals surface area contributed by atoms with E-state index < -0.39 is 5.54 Å². The van der Waals surface area contributed by atoms with E-state index in [-0.39, 0.29) is 12.4 Å². The van der Waals surface area contributed by atoms with Crippen LogP contribution in [0, 0.1) is 5.82 Å². The summed E-state index contributed by atoms with van der Waals surface area (Å²) in [5.41, 5.74) is 1.06. The summed E-state index contributed by atoms with van der Waals surface area (Å²) in [6.07, 6.45) is 0.501. The minimum Gasteiger partial charge on any atom is -0.394 e. The minimum absolute atomic E-state index is 0.0796. The molecule has 0 aliphatic carbocycles. The standard InChI is InChI=1S/C16H16BrClFNO/c1-16(10-21,9-11-3-2-4-12(19)7-11)20-13-5-6-15(18)14(17)8-13/h2-8,20-21H,9-10H2,1H3. The van der Waals surface area contributed by atoms with E-state index in [9.17, 15) is 9.50 Å². The second-order valence-corrected chi connectivity index (χ2v) is 6.54. The number of halogens is 3. The number of hydrogen-bond acceptors (Lipinski definition) is 2. The Morgan fingerprint density at radius 2 is 2.05 bits per heavy atom. The Hall–Kier alpha value is -1.10. The molecule has 0 aliphatic rings. The highest BCUT2D eigenvalue weighted by atomic mass is 79.9. The van der Waals surface area contributed by atoms with Gasteiger partial charge in [0, 0.05) is 10.2 Å². The van der Waals surface area contributed by atoms with Gasteiger partial charge in [-0.05, 0) is 65.2 Å². The van der Waals surface area contributed by atoms with Crippen molar-refractivity contribution in [3.05, 3.63) is 63.3 Å². The van der Waals surface area contributed by atoms with E-state index in [0.29, 0.717) is 11.4 Å². The second kappa shape index (κ2) is 6.77. The molecule has 0 spiro atoms. The molecule has 2 aromatic carbocycles. The molecule has 2 N–H and O–H groups in total. The number of rotatable bonds is 5. The van der Waals surface area contributed by atoms with E-state index in [1.54, 1.807) is 12.1 Å². The van der Waals surface area contributed by atoms with Crippen LogP contribution in [0.1, 0.15) is 12.5 Å². The van der Waals surface area contributed by atoms with Gasteiger partial charge < -0.3 is 10.4 Å². The van der Waals surface area contributed by atoms with Crippen molar-refractivity contribution in [2.75, 3.05) is 11.9 Å². The Morgan fingerprint density at radius 1 is 1.29 bits per heavy atom. The largest absolute Gasteiger partial charge is 0.394 e. The number of aliphatic hydroxyl groups is 1. The van der Waals surface area contributed by atoms with Gasteiger partial charge in [-0.15, -0.1) is 0 Å². The van der Waals surface area contributed by atoms with Gasteiger partial charge >= 0.3 is 0 Å². The Morgan fingerprint density at radius 3 is 2.67 bits per heavy atom. The number of hydrogen-bond donors (Lipinski definition) is 2. The molecular weight excluding hydrogens is 357 g/mol. The Balaban J connectivity index is 2.18. The molecule has 0 heterocycles. The zero-order valence-electron chi connectivity index (χ0n) is 11.5. The summed E-state index contributed by atoms with van der Waals surface area (Å²) in [5, 5.41) is 13.6. The topological polar surface area (TPSA) is 32.3 Å². The quantitative estimate of drug-likeness (QED) is 0.801. The van der Waals surface area contributed by atoms with Crippen LogP contribution in [0.25, 0.3) is 0 Å².